The summed E-state index contributed by atoms with van der Waals surface area (Å²) in [5.41, 5.74) is 3.16. The van der Waals surface area contributed by atoms with Crippen LogP contribution < -0.4 is 14.5 Å². The number of anilines is 2. The highest BCUT2D eigenvalue weighted by Gasteiger charge is 2.45. The number of para-hydroxylation sites is 1. The molecule has 3 aromatic rings. The number of hydrogen-bond acceptors (Lipinski definition) is 4. The Morgan fingerprint density at radius 2 is 1.70 bits per heavy atom. The molecule has 0 aromatic heterocycles. The van der Waals surface area contributed by atoms with Crippen LogP contribution in [0.25, 0.3) is 0 Å². The van der Waals surface area contributed by atoms with Crippen molar-refractivity contribution in [3.63, 3.8) is 0 Å². The molecule has 0 saturated carbocycles. The van der Waals surface area contributed by atoms with E-state index in [0.29, 0.717) is 11.3 Å². The molecular weight excluding hydrogens is 534 g/mol. The number of rotatable bonds is 8. The van der Waals surface area contributed by atoms with Gasteiger partial charge in [-0.1, -0.05) is 42.5 Å². The zero-order valence-electron chi connectivity index (χ0n) is 21.9. The van der Waals surface area contributed by atoms with Crippen molar-refractivity contribution in [2.45, 2.75) is 43.3 Å². The molecule has 0 bridgehead atoms. The minimum Gasteiger partial charge on any atom is -0.406 e. The van der Waals surface area contributed by atoms with Crippen LogP contribution in [0, 0.1) is 0 Å². The molecule has 40 heavy (non-hydrogen) atoms. The van der Waals surface area contributed by atoms with Crippen molar-refractivity contribution in [2.75, 3.05) is 43.1 Å². The van der Waals surface area contributed by atoms with Gasteiger partial charge in [-0.25, -0.2) is 0 Å². The highest BCUT2D eigenvalue weighted by Crippen LogP contribution is 2.48. The lowest BCUT2D eigenvalue weighted by atomic mass is 9.71. The normalized spacial score (nSPS) is 21.1. The van der Waals surface area contributed by atoms with Crippen molar-refractivity contribution in [1.29, 1.82) is 0 Å². The van der Waals surface area contributed by atoms with Gasteiger partial charge < -0.3 is 19.3 Å². The van der Waals surface area contributed by atoms with Gasteiger partial charge in [-0.3, -0.25) is 0 Å². The summed E-state index contributed by atoms with van der Waals surface area (Å²) in [6, 6.07) is 21.1. The quantitative estimate of drug-likeness (QED) is 0.272. The minimum atomic E-state index is -4.84. The number of alkyl halides is 6. The predicted molar refractivity (Wildman–Crippen MR) is 141 cm³/mol. The number of benzene rings is 3. The smallest absolute Gasteiger partial charge is 0.406 e. The Morgan fingerprint density at radius 1 is 0.925 bits per heavy atom. The van der Waals surface area contributed by atoms with Gasteiger partial charge in [-0.05, 0) is 59.9 Å². The third-order valence-electron chi connectivity index (χ3n) is 7.77. The molecule has 2 heterocycles. The van der Waals surface area contributed by atoms with E-state index in [2.05, 4.69) is 15.7 Å². The van der Waals surface area contributed by atoms with Crippen LogP contribution in [-0.2, 0) is 16.6 Å². The van der Waals surface area contributed by atoms with Gasteiger partial charge in [0, 0.05) is 50.1 Å². The zero-order chi connectivity index (χ0) is 28.5. The minimum absolute atomic E-state index is 0.110. The van der Waals surface area contributed by atoms with E-state index in [4.69, 9.17) is 4.74 Å². The second-order valence-electron chi connectivity index (χ2n) is 10.4. The summed E-state index contributed by atoms with van der Waals surface area (Å²) in [5, 5.41) is 0. The van der Waals surface area contributed by atoms with Gasteiger partial charge >= 0.3 is 12.5 Å². The molecule has 0 aliphatic carbocycles. The summed E-state index contributed by atoms with van der Waals surface area (Å²) in [5.74, 6) is -0.336. The zero-order valence-corrected chi connectivity index (χ0v) is 21.9. The molecule has 10 heteroatoms. The maximum absolute atomic E-state index is 13.3. The van der Waals surface area contributed by atoms with Crippen molar-refractivity contribution in [3.05, 3.63) is 89.5 Å². The molecule has 0 amide bonds. The van der Waals surface area contributed by atoms with Crippen LogP contribution in [0.4, 0.5) is 37.7 Å². The summed E-state index contributed by atoms with van der Waals surface area (Å²) in [4.78, 5) is 3.95. The summed E-state index contributed by atoms with van der Waals surface area (Å²) in [6.07, 6.45) is -8.87. The SMILES string of the molecule is CO[C@@H]1CCN(c2cccc(C3(Cc4cccc(OC(F)(F)F)c4)CN(CCC(F)(F)F)c4ccccc43)c2)C1. The maximum atomic E-state index is 13.3. The monoisotopic (exact) mass is 564 g/mol. The van der Waals surface area contributed by atoms with Crippen LogP contribution in [0.2, 0.25) is 0 Å². The van der Waals surface area contributed by atoms with Crippen molar-refractivity contribution in [3.8, 4) is 5.75 Å². The van der Waals surface area contributed by atoms with Gasteiger partial charge in [0.1, 0.15) is 5.75 Å². The van der Waals surface area contributed by atoms with Gasteiger partial charge in [0.2, 0.25) is 0 Å². The second-order valence-corrected chi connectivity index (χ2v) is 10.4. The molecule has 214 valence electrons. The number of methoxy groups -OCH3 is 1. The van der Waals surface area contributed by atoms with E-state index in [0.717, 1.165) is 36.3 Å². The molecule has 2 atom stereocenters. The van der Waals surface area contributed by atoms with Crippen LogP contribution in [0.3, 0.4) is 0 Å². The Balaban J connectivity index is 1.58. The average molecular weight is 565 g/mol. The van der Waals surface area contributed by atoms with E-state index < -0.39 is 24.4 Å². The first kappa shape index (κ1) is 28.1. The van der Waals surface area contributed by atoms with Crippen LogP contribution in [-0.4, -0.2) is 51.9 Å². The summed E-state index contributed by atoms with van der Waals surface area (Å²) in [6.45, 7) is 1.55. The highest BCUT2D eigenvalue weighted by atomic mass is 19.4. The third-order valence-corrected chi connectivity index (χ3v) is 7.77. The van der Waals surface area contributed by atoms with Crippen LogP contribution in [0.15, 0.2) is 72.8 Å². The second kappa shape index (κ2) is 10.9. The molecule has 1 unspecified atom stereocenters. The van der Waals surface area contributed by atoms with Gasteiger partial charge in [-0.15, -0.1) is 13.2 Å². The summed E-state index contributed by atoms with van der Waals surface area (Å²) >= 11 is 0. The van der Waals surface area contributed by atoms with Crippen LogP contribution in [0.5, 0.6) is 5.75 Å². The number of hydrogen-bond donors (Lipinski definition) is 0. The summed E-state index contributed by atoms with van der Waals surface area (Å²) in [7, 11) is 1.68. The Bertz CT molecular complexity index is 1330. The highest BCUT2D eigenvalue weighted by molar-refractivity contribution is 5.68. The molecule has 4 nitrogen and oxygen atoms in total. The standard InChI is InChI=1S/C30H30F6N2O2/c1-39-25-12-14-37(19-25)23-8-5-7-22(17-23)28(18-21-6-4-9-24(16-21)40-30(34,35)36)20-38(15-13-29(31,32)33)27-11-3-2-10-26(27)28/h2-11,16-17,25H,12-15,18-20H2,1H3/t25-,28?/m1/s1. The lowest BCUT2D eigenvalue weighted by Crippen LogP contribution is -2.38. The lowest BCUT2D eigenvalue weighted by Gasteiger charge is -2.33. The average Bonchev–Trinajstić information content (AvgIpc) is 3.50. The Morgan fingerprint density at radius 3 is 2.42 bits per heavy atom. The molecule has 2 aliphatic rings. The Labute approximate surface area is 229 Å². The molecule has 3 aromatic carbocycles. The van der Waals surface area contributed by atoms with Crippen molar-refractivity contribution in [1.82, 2.24) is 0 Å². The number of ether oxygens (including phenoxy) is 2. The fourth-order valence-electron chi connectivity index (χ4n) is 5.97. The molecule has 2 aliphatic heterocycles. The third kappa shape index (κ3) is 6.16. The molecule has 1 saturated heterocycles. The Kier molecular flexibility index (Phi) is 7.65. The van der Waals surface area contributed by atoms with Crippen LogP contribution >= 0.6 is 0 Å². The first-order valence-corrected chi connectivity index (χ1v) is 13.1. The molecular formula is C30H30F6N2O2. The number of nitrogens with zero attached hydrogens (tertiary/aromatic N) is 2. The van der Waals surface area contributed by atoms with Gasteiger partial charge in [0.15, 0.2) is 0 Å². The van der Waals surface area contributed by atoms with E-state index in [1.54, 1.807) is 24.1 Å². The fourth-order valence-corrected chi connectivity index (χ4v) is 5.97. The van der Waals surface area contributed by atoms with E-state index >= 15 is 0 Å². The molecule has 0 radical (unpaired) electrons. The van der Waals surface area contributed by atoms with E-state index in [1.807, 2.05) is 36.4 Å². The van der Waals surface area contributed by atoms with Gasteiger partial charge in [0.05, 0.1) is 12.5 Å². The molecule has 1 fully saturated rings. The van der Waals surface area contributed by atoms with E-state index in [9.17, 15) is 26.3 Å². The number of fused-ring (bicyclic) bond motifs is 1. The first-order chi connectivity index (χ1) is 19.0. The molecule has 0 spiro atoms. The topological polar surface area (TPSA) is 24.9 Å². The summed E-state index contributed by atoms with van der Waals surface area (Å²) < 4.78 is 88.4. The van der Waals surface area contributed by atoms with E-state index in [1.165, 1.54) is 18.2 Å². The van der Waals surface area contributed by atoms with E-state index in [-0.39, 0.29) is 31.4 Å². The molecule has 5 rings (SSSR count). The van der Waals surface area contributed by atoms with Gasteiger partial charge in [-0.2, -0.15) is 13.2 Å². The fraction of sp³-hybridized carbons (Fsp3) is 0.400. The predicted octanol–water partition coefficient (Wildman–Crippen LogP) is 7.11. The van der Waals surface area contributed by atoms with Crippen molar-refractivity contribution < 1.29 is 35.8 Å². The maximum Gasteiger partial charge on any atom is 0.573 e. The lowest BCUT2D eigenvalue weighted by molar-refractivity contribution is -0.274. The van der Waals surface area contributed by atoms with Gasteiger partial charge in [0.25, 0.3) is 0 Å². The largest absolute Gasteiger partial charge is 0.573 e. The number of halogens is 6. The first-order valence-electron chi connectivity index (χ1n) is 13.1. The van der Waals surface area contributed by atoms with Crippen molar-refractivity contribution in [2.24, 2.45) is 0 Å². The molecule has 0 N–H and O–H groups in total. The van der Waals surface area contributed by atoms with Crippen LogP contribution in [0.1, 0.15) is 29.5 Å². The van der Waals surface area contributed by atoms with Crippen molar-refractivity contribution >= 4 is 11.4 Å². The Hall–Kier alpha value is -3.40.